The van der Waals surface area contributed by atoms with E-state index in [1.54, 1.807) is 0 Å². The number of thiazole rings is 1. The number of aromatic nitrogens is 2. The van der Waals surface area contributed by atoms with Gasteiger partial charge in [-0.3, -0.25) is 9.78 Å². The molecule has 2 fully saturated rings. The highest BCUT2D eigenvalue weighted by molar-refractivity contribution is 7.91. The fourth-order valence-electron chi connectivity index (χ4n) is 5.58. The molecule has 1 aliphatic heterocycles. The number of carbonyl (C=O) groups excluding carboxylic acids is 1. The molecule has 2 aliphatic rings. The van der Waals surface area contributed by atoms with Gasteiger partial charge in [0.05, 0.1) is 34.3 Å². The molecule has 1 amide bonds. The van der Waals surface area contributed by atoms with Gasteiger partial charge in [-0.25, -0.2) is 22.2 Å². The Hall–Kier alpha value is -3.43. The monoisotopic (exact) mass is 613 g/mol. The maximum atomic E-state index is 14.7. The molecular weight excluding hydrogens is 580 g/mol. The van der Waals surface area contributed by atoms with Crippen LogP contribution in [0.15, 0.2) is 42.7 Å². The summed E-state index contributed by atoms with van der Waals surface area (Å²) in [6.45, 7) is 4.53. The van der Waals surface area contributed by atoms with E-state index in [1.165, 1.54) is 23.6 Å². The first-order valence-electron chi connectivity index (χ1n) is 14.1. The molecule has 222 valence electrons. The minimum absolute atomic E-state index is 0.0252. The van der Waals surface area contributed by atoms with Crippen molar-refractivity contribution in [1.82, 2.24) is 15.3 Å². The zero-order chi connectivity index (χ0) is 30.0. The molecule has 3 heterocycles. The van der Waals surface area contributed by atoms with Crippen molar-refractivity contribution in [3.05, 3.63) is 54.2 Å². The average Bonchev–Trinajstić information content (AvgIpc) is 3.41. The van der Waals surface area contributed by atoms with Crippen molar-refractivity contribution < 1.29 is 22.0 Å². The largest absolute Gasteiger partial charge is 0.369 e. The summed E-state index contributed by atoms with van der Waals surface area (Å²) < 4.78 is 52.5. The van der Waals surface area contributed by atoms with Gasteiger partial charge >= 0.3 is 0 Å². The van der Waals surface area contributed by atoms with Crippen molar-refractivity contribution in [2.24, 2.45) is 11.8 Å². The molecule has 1 aliphatic carbocycles. The van der Waals surface area contributed by atoms with Crippen molar-refractivity contribution in [1.29, 1.82) is 5.26 Å². The number of anilines is 1. The summed E-state index contributed by atoms with van der Waals surface area (Å²) in [7, 11) is -3.01. The van der Waals surface area contributed by atoms with E-state index in [1.807, 2.05) is 43.0 Å². The lowest BCUT2D eigenvalue weighted by Gasteiger charge is -2.33. The van der Waals surface area contributed by atoms with Gasteiger partial charge in [0, 0.05) is 42.4 Å². The maximum Gasteiger partial charge on any atom is 0.224 e. The van der Waals surface area contributed by atoms with Crippen LogP contribution in [0.5, 0.6) is 0 Å². The number of benzene rings is 1. The van der Waals surface area contributed by atoms with Crippen LogP contribution in [-0.2, 0) is 14.6 Å². The molecule has 42 heavy (non-hydrogen) atoms. The lowest BCUT2D eigenvalue weighted by atomic mass is 9.75. The van der Waals surface area contributed by atoms with Gasteiger partial charge in [-0.05, 0) is 48.9 Å². The van der Waals surface area contributed by atoms with Gasteiger partial charge in [0.2, 0.25) is 5.91 Å². The molecule has 4 atom stereocenters. The second-order valence-corrected chi connectivity index (χ2v) is 14.6. The molecule has 5 rings (SSSR count). The number of nitrogens with zero attached hydrogens (tertiary/aromatic N) is 4. The first-order chi connectivity index (χ1) is 20.0. The van der Waals surface area contributed by atoms with Crippen molar-refractivity contribution in [2.75, 3.05) is 29.5 Å². The van der Waals surface area contributed by atoms with E-state index in [2.05, 4.69) is 16.4 Å². The van der Waals surface area contributed by atoms with E-state index in [0.29, 0.717) is 35.8 Å². The summed E-state index contributed by atoms with van der Waals surface area (Å²) in [6.07, 6.45) is 2.22. The van der Waals surface area contributed by atoms with Gasteiger partial charge in [-0.15, -0.1) is 11.3 Å². The summed E-state index contributed by atoms with van der Waals surface area (Å²) in [5, 5.41) is 12.9. The fraction of sp³-hybridized carbons (Fsp3) is 0.467. The second-order valence-electron chi connectivity index (χ2n) is 11.3. The first kappa shape index (κ1) is 30.0. The molecule has 8 nitrogen and oxygen atoms in total. The van der Waals surface area contributed by atoms with Crippen LogP contribution in [0.25, 0.3) is 21.0 Å². The van der Waals surface area contributed by atoms with Gasteiger partial charge in [0.25, 0.3) is 0 Å². The summed E-state index contributed by atoms with van der Waals surface area (Å²) >= 11 is 1.36. The molecule has 0 unspecified atom stereocenters. The fourth-order valence-corrected chi connectivity index (χ4v) is 7.90. The predicted octanol–water partition coefficient (Wildman–Crippen LogP) is 5.13. The normalized spacial score (nSPS) is 22.9. The van der Waals surface area contributed by atoms with Crippen LogP contribution < -0.4 is 10.2 Å². The number of hydrogen-bond donors (Lipinski definition) is 1. The topological polar surface area (TPSA) is 116 Å². The summed E-state index contributed by atoms with van der Waals surface area (Å²) in [5.74, 6) is -1.88. The molecule has 3 aromatic rings. The molecule has 1 N–H and O–H groups in total. The van der Waals surface area contributed by atoms with E-state index < -0.39 is 39.7 Å². The van der Waals surface area contributed by atoms with Gasteiger partial charge in [-0.1, -0.05) is 26.0 Å². The number of nitrogens with one attached hydrogen (secondary N) is 1. The van der Waals surface area contributed by atoms with E-state index in [0.717, 1.165) is 22.3 Å². The lowest BCUT2D eigenvalue weighted by molar-refractivity contribution is -0.128. The van der Waals surface area contributed by atoms with Crippen LogP contribution >= 0.6 is 11.3 Å². The molecule has 2 aromatic heterocycles. The molecule has 0 radical (unpaired) electrons. The Balaban J connectivity index is 1.52. The lowest BCUT2D eigenvalue weighted by Crippen LogP contribution is -2.44. The zero-order valence-corrected chi connectivity index (χ0v) is 25.1. The molecule has 1 saturated heterocycles. The number of rotatable bonds is 7. The van der Waals surface area contributed by atoms with Crippen LogP contribution in [0, 0.1) is 29.0 Å². The molecule has 0 bridgehead atoms. The van der Waals surface area contributed by atoms with Gasteiger partial charge in [0.1, 0.15) is 23.0 Å². The van der Waals surface area contributed by atoms with Gasteiger partial charge < -0.3 is 10.2 Å². The third-order valence-corrected chi connectivity index (χ3v) is 10.8. The Morgan fingerprint density at radius 2 is 1.86 bits per heavy atom. The minimum Gasteiger partial charge on any atom is -0.369 e. The van der Waals surface area contributed by atoms with Gasteiger partial charge in [-0.2, -0.15) is 5.26 Å². The standard InChI is InChI=1S/C30H33F2N5O3S2/c1-18(2)26(15-33)35-29(38)25-14-21(31)5-8-24(25)27-28(41-30(36-27)20-13-22(32)17-34-16-20)19-3-6-23(7-4-19)37-9-11-42(39,40)12-10-37/h3-4,6-7,13,16-18,21,24-26H,5,8-12,14H2,1-2H3,(H,35,38)/t21-,24+,25+,26+/m0/s1. The maximum absolute atomic E-state index is 14.7. The number of halogens is 2. The molecule has 0 spiro atoms. The van der Waals surface area contributed by atoms with Crippen LogP contribution in [-0.4, -0.2) is 61.1 Å². The van der Waals surface area contributed by atoms with E-state index >= 15 is 0 Å². The van der Waals surface area contributed by atoms with Crippen LogP contribution in [0.2, 0.25) is 0 Å². The summed E-state index contributed by atoms with van der Waals surface area (Å²) in [4.78, 5) is 25.2. The third-order valence-electron chi connectivity index (χ3n) is 8.02. The first-order valence-corrected chi connectivity index (χ1v) is 16.7. The highest BCUT2D eigenvalue weighted by atomic mass is 32.2. The smallest absolute Gasteiger partial charge is 0.224 e. The molecular formula is C30H33F2N5O3S2. The highest BCUT2D eigenvalue weighted by Crippen LogP contribution is 2.46. The van der Waals surface area contributed by atoms with Crippen molar-refractivity contribution in [3.63, 3.8) is 0 Å². The second kappa shape index (κ2) is 12.4. The number of nitriles is 1. The number of pyridine rings is 1. The summed E-state index contributed by atoms with van der Waals surface area (Å²) in [5.41, 5.74) is 2.88. The van der Waals surface area contributed by atoms with Crippen LogP contribution in [0.4, 0.5) is 14.5 Å². The minimum atomic E-state index is -3.01. The zero-order valence-electron chi connectivity index (χ0n) is 23.5. The Labute approximate surface area is 248 Å². The highest BCUT2D eigenvalue weighted by Gasteiger charge is 2.40. The van der Waals surface area contributed by atoms with Crippen molar-refractivity contribution in [2.45, 2.75) is 51.2 Å². The van der Waals surface area contributed by atoms with Crippen molar-refractivity contribution >= 4 is 32.8 Å². The van der Waals surface area contributed by atoms with Gasteiger partial charge in [0.15, 0.2) is 9.84 Å². The molecule has 1 saturated carbocycles. The average molecular weight is 614 g/mol. The van der Waals surface area contributed by atoms with Crippen molar-refractivity contribution in [3.8, 4) is 27.1 Å². The van der Waals surface area contributed by atoms with E-state index in [4.69, 9.17) is 4.98 Å². The molecule has 12 heteroatoms. The Kier molecular flexibility index (Phi) is 8.89. The van der Waals surface area contributed by atoms with E-state index in [-0.39, 0.29) is 36.2 Å². The number of hydrogen-bond acceptors (Lipinski definition) is 8. The Morgan fingerprint density at radius 3 is 2.50 bits per heavy atom. The number of amides is 1. The Morgan fingerprint density at radius 1 is 1.14 bits per heavy atom. The number of alkyl halides is 1. The van der Waals surface area contributed by atoms with E-state index in [9.17, 15) is 27.3 Å². The number of sulfone groups is 1. The predicted molar refractivity (Wildman–Crippen MR) is 159 cm³/mol. The summed E-state index contributed by atoms with van der Waals surface area (Å²) in [6, 6.07) is 10.5. The quantitative estimate of drug-likeness (QED) is 0.393. The van der Waals surface area contributed by atoms with Crippen LogP contribution in [0.1, 0.15) is 44.7 Å². The SMILES string of the molecule is CC(C)[C@@H](C#N)NC(=O)[C@@H]1C[C@@H](F)CC[C@H]1c1nc(-c2cncc(F)c2)sc1-c1ccc(N2CCS(=O)(=O)CC2)cc1. The Bertz CT molecular complexity index is 1570. The number of carbonyl (C=O) groups is 1. The van der Waals surface area contributed by atoms with Crippen LogP contribution in [0.3, 0.4) is 0 Å². The molecule has 1 aromatic carbocycles. The third kappa shape index (κ3) is 6.63.